The summed E-state index contributed by atoms with van der Waals surface area (Å²) in [5, 5.41) is 5.95. The first-order valence-corrected chi connectivity index (χ1v) is 7.62. The Kier molecular flexibility index (Phi) is 6.16. The van der Waals surface area contributed by atoms with Crippen LogP contribution in [0.1, 0.15) is 45.2 Å². The number of thiophene rings is 1. The third-order valence-corrected chi connectivity index (χ3v) is 4.58. The van der Waals surface area contributed by atoms with Crippen LogP contribution in [0.15, 0.2) is 11.4 Å². The van der Waals surface area contributed by atoms with Gasteiger partial charge in [0.05, 0.1) is 2.88 Å². The average Bonchev–Trinajstić information content (AvgIpc) is 2.65. The summed E-state index contributed by atoms with van der Waals surface area (Å²) in [4.78, 5) is 0. The molecular formula is C12H20INS. The van der Waals surface area contributed by atoms with Crippen molar-refractivity contribution in [2.24, 2.45) is 5.92 Å². The fraction of sp³-hybridized carbons (Fsp3) is 0.667. The van der Waals surface area contributed by atoms with E-state index in [1.54, 1.807) is 0 Å². The molecule has 0 aliphatic carbocycles. The van der Waals surface area contributed by atoms with Gasteiger partial charge < -0.3 is 5.32 Å². The van der Waals surface area contributed by atoms with Crippen LogP contribution in [-0.4, -0.2) is 6.54 Å². The molecule has 0 radical (unpaired) electrons. The molecule has 0 aromatic carbocycles. The fourth-order valence-corrected chi connectivity index (χ4v) is 3.08. The van der Waals surface area contributed by atoms with Crippen LogP contribution in [0.2, 0.25) is 0 Å². The molecule has 1 aromatic rings. The molecule has 0 spiro atoms. The predicted molar refractivity (Wildman–Crippen MR) is 77.5 cm³/mol. The molecule has 2 atom stereocenters. The molecule has 1 aromatic heterocycles. The summed E-state index contributed by atoms with van der Waals surface area (Å²) >= 11 is 4.24. The Morgan fingerprint density at radius 3 is 2.67 bits per heavy atom. The highest BCUT2D eigenvalue weighted by Crippen LogP contribution is 2.28. The van der Waals surface area contributed by atoms with Crippen LogP contribution in [0.5, 0.6) is 0 Å². The van der Waals surface area contributed by atoms with Gasteiger partial charge >= 0.3 is 0 Å². The molecule has 0 amide bonds. The van der Waals surface area contributed by atoms with E-state index >= 15 is 0 Å². The highest BCUT2D eigenvalue weighted by Gasteiger charge is 2.17. The summed E-state index contributed by atoms with van der Waals surface area (Å²) in [7, 11) is 0. The van der Waals surface area contributed by atoms with Crippen molar-refractivity contribution in [2.75, 3.05) is 6.54 Å². The maximum Gasteiger partial charge on any atom is 0.0656 e. The summed E-state index contributed by atoms with van der Waals surface area (Å²) in [6.45, 7) is 7.93. The van der Waals surface area contributed by atoms with Gasteiger partial charge in [0.2, 0.25) is 0 Å². The zero-order valence-electron chi connectivity index (χ0n) is 9.72. The first-order chi connectivity index (χ1) is 7.19. The van der Waals surface area contributed by atoms with Crippen molar-refractivity contribution in [3.63, 3.8) is 0 Å². The van der Waals surface area contributed by atoms with Gasteiger partial charge in [-0.1, -0.05) is 27.2 Å². The van der Waals surface area contributed by atoms with Crippen LogP contribution < -0.4 is 5.32 Å². The molecule has 0 aliphatic rings. The summed E-state index contributed by atoms with van der Waals surface area (Å²) in [6, 6.07) is 2.85. The lowest BCUT2D eigenvalue weighted by molar-refractivity contribution is 0.378. The molecule has 1 heterocycles. The Morgan fingerprint density at radius 1 is 1.47 bits per heavy atom. The lowest BCUT2D eigenvalue weighted by atomic mass is 9.94. The van der Waals surface area contributed by atoms with E-state index < -0.39 is 0 Å². The molecule has 2 unspecified atom stereocenters. The van der Waals surface area contributed by atoms with Gasteiger partial charge in [-0.3, -0.25) is 0 Å². The number of rotatable bonds is 6. The van der Waals surface area contributed by atoms with Gasteiger partial charge in [-0.05, 0) is 58.5 Å². The third-order valence-electron chi connectivity index (χ3n) is 2.77. The molecule has 1 nitrogen and oxygen atoms in total. The van der Waals surface area contributed by atoms with Gasteiger partial charge in [-0.15, -0.1) is 11.3 Å². The second-order valence-corrected chi connectivity index (χ2v) is 6.81. The summed E-state index contributed by atoms with van der Waals surface area (Å²) in [5.41, 5.74) is 1.47. The minimum atomic E-state index is 0.537. The van der Waals surface area contributed by atoms with E-state index in [0.717, 1.165) is 6.54 Å². The van der Waals surface area contributed by atoms with Crippen LogP contribution in [0.25, 0.3) is 0 Å². The Balaban J connectivity index is 2.71. The third kappa shape index (κ3) is 4.04. The van der Waals surface area contributed by atoms with Crippen LogP contribution >= 0.6 is 33.9 Å². The molecule has 0 fully saturated rings. The highest BCUT2D eigenvalue weighted by atomic mass is 127. The quantitative estimate of drug-likeness (QED) is 0.757. The number of nitrogens with one attached hydrogen (secondary N) is 1. The van der Waals surface area contributed by atoms with Crippen molar-refractivity contribution in [1.29, 1.82) is 0 Å². The van der Waals surface area contributed by atoms with Crippen molar-refractivity contribution >= 4 is 33.9 Å². The zero-order valence-corrected chi connectivity index (χ0v) is 12.7. The van der Waals surface area contributed by atoms with E-state index in [-0.39, 0.29) is 0 Å². The summed E-state index contributed by atoms with van der Waals surface area (Å²) in [5.74, 6) is 0.710. The van der Waals surface area contributed by atoms with Gasteiger partial charge in [0.1, 0.15) is 0 Å². The van der Waals surface area contributed by atoms with E-state index in [0.29, 0.717) is 12.0 Å². The predicted octanol–water partition coefficient (Wildman–Crippen LogP) is 4.44. The van der Waals surface area contributed by atoms with Gasteiger partial charge in [0.15, 0.2) is 0 Å². The first kappa shape index (κ1) is 13.5. The van der Waals surface area contributed by atoms with Gasteiger partial charge in [-0.2, -0.15) is 0 Å². The maximum absolute atomic E-state index is 3.65. The van der Waals surface area contributed by atoms with Crippen molar-refractivity contribution in [3.8, 4) is 0 Å². The summed E-state index contributed by atoms with van der Waals surface area (Å²) < 4.78 is 1.38. The molecule has 0 bridgehead atoms. The van der Waals surface area contributed by atoms with Crippen LogP contribution in [0.3, 0.4) is 0 Å². The molecule has 0 aliphatic heterocycles. The van der Waals surface area contributed by atoms with E-state index in [4.69, 9.17) is 0 Å². The van der Waals surface area contributed by atoms with E-state index in [2.05, 4.69) is 60.1 Å². The molecule has 86 valence electrons. The molecule has 1 N–H and O–H groups in total. The minimum absolute atomic E-state index is 0.537. The molecule has 0 saturated carbocycles. The molecular weight excluding hydrogens is 317 g/mol. The maximum atomic E-state index is 3.65. The van der Waals surface area contributed by atoms with E-state index in [1.165, 1.54) is 21.3 Å². The topological polar surface area (TPSA) is 12.0 Å². The molecule has 1 rings (SSSR count). The summed E-state index contributed by atoms with van der Waals surface area (Å²) in [6.07, 6.45) is 2.43. The zero-order chi connectivity index (χ0) is 11.3. The normalized spacial score (nSPS) is 15.2. The monoisotopic (exact) mass is 337 g/mol. The van der Waals surface area contributed by atoms with Crippen molar-refractivity contribution in [1.82, 2.24) is 5.32 Å². The van der Waals surface area contributed by atoms with Gasteiger partial charge in [0.25, 0.3) is 0 Å². The molecule has 3 heteroatoms. The van der Waals surface area contributed by atoms with E-state index in [1.807, 2.05) is 11.3 Å². The average molecular weight is 337 g/mol. The Bertz CT molecular complexity index is 285. The lowest BCUT2D eigenvalue weighted by Gasteiger charge is -2.23. The van der Waals surface area contributed by atoms with Crippen LogP contribution in [0.4, 0.5) is 0 Å². The second kappa shape index (κ2) is 6.86. The lowest BCUT2D eigenvalue weighted by Crippen LogP contribution is -2.27. The molecule has 0 saturated heterocycles. The smallest absolute Gasteiger partial charge is 0.0656 e. The highest BCUT2D eigenvalue weighted by molar-refractivity contribution is 14.1. The SMILES string of the molecule is CCCNC(c1csc(I)c1)C(C)CC. The van der Waals surface area contributed by atoms with Crippen molar-refractivity contribution in [2.45, 2.75) is 39.7 Å². The van der Waals surface area contributed by atoms with E-state index in [9.17, 15) is 0 Å². The van der Waals surface area contributed by atoms with Crippen LogP contribution in [-0.2, 0) is 0 Å². The van der Waals surface area contributed by atoms with Gasteiger partial charge in [-0.25, -0.2) is 0 Å². The standard InChI is InChI=1S/C12H20INS/c1-4-6-14-12(9(3)5-2)10-7-11(13)15-8-10/h7-9,12,14H,4-6H2,1-3H3. The number of halogens is 1. The van der Waals surface area contributed by atoms with Crippen LogP contribution in [0, 0.1) is 8.80 Å². The Morgan fingerprint density at radius 2 is 2.20 bits per heavy atom. The Labute approximate surface area is 111 Å². The van der Waals surface area contributed by atoms with Crippen molar-refractivity contribution < 1.29 is 0 Å². The largest absolute Gasteiger partial charge is 0.310 e. The fourth-order valence-electron chi connectivity index (χ4n) is 1.67. The minimum Gasteiger partial charge on any atom is -0.310 e. The van der Waals surface area contributed by atoms with Gasteiger partial charge in [0, 0.05) is 6.04 Å². The number of hydrogen-bond acceptors (Lipinski definition) is 2. The second-order valence-electron chi connectivity index (χ2n) is 4.00. The Hall–Kier alpha value is 0.390. The number of hydrogen-bond donors (Lipinski definition) is 1. The first-order valence-electron chi connectivity index (χ1n) is 5.66. The van der Waals surface area contributed by atoms with Crippen molar-refractivity contribution in [3.05, 3.63) is 19.9 Å². The molecule has 15 heavy (non-hydrogen) atoms.